The Bertz CT molecular complexity index is 1210. The third kappa shape index (κ3) is 4.20. The van der Waals surface area contributed by atoms with Crippen LogP contribution in [0.15, 0.2) is 30.6 Å². The molecule has 0 aromatic carbocycles. The largest absolute Gasteiger partial charge is 0.419 e. The van der Waals surface area contributed by atoms with E-state index in [2.05, 4.69) is 42.8 Å². The number of anilines is 1. The molecule has 2 N–H and O–H groups in total. The number of nitrogens with zero attached hydrogens (tertiary/aromatic N) is 6. The molecule has 0 radical (unpaired) electrons. The van der Waals surface area contributed by atoms with E-state index in [1.54, 1.807) is 36.1 Å². The summed E-state index contributed by atoms with van der Waals surface area (Å²) in [6.45, 7) is 2.82. The zero-order valence-electron chi connectivity index (χ0n) is 18.2. The van der Waals surface area contributed by atoms with Crippen LogP contribution in [0.3, 0.4) is 0 Å². The monoisotopic (exact) mass is 456 g/mol. The highest BCUT2D eigenvalue weighted by Crippen LogP contribution is 2.39. The molecule has 1 saturated heterocycles. The van der Waals surface area contributed by atoms with Crippen molar-refractivity contribution in [3.8, 4) is 11.4 Å². The molecule has 5 rings (SSSR count). The maximum atomic E-state index is 13.8. The molecule has 8 nitrogen and oxygen atoms in total. The van der Waals surface area contributed by atoms with Crippen LogP contribution in [0.25, 0.3) is 17.0 Å². The van der Waals surface area contributed by atoms with Crippen molar-refractivity contribution in [2.45, 2.75) is 44.4 Å². The third-order valence-electron chi connectivity index (χ3n) is 6.08. The van der Waals surface area contributed by atoms with Gasteiger partial charge in [0, 0.05) is 49.4 Å². The van der Waals surface area contributed by atoms with E-state index >= 15 is 0 Å². The van der Waals surface area contributed by atoms with Gasteiger partial charge in [-0.2, -0.15) is 13.2 Å². The van der Waals surface area contributed by atoms with Gasteiger partial charge in [-0.15, -0.1) is 5.10 Å². The van der Waals surface area contributed by atoms with Crippen LogP contribution >= 0.6 is 0 Å². The average Bonchev–Trinajstić information content (AvgIpc) is 3.40. The lowest BCUT2D eigenvalue weighted by molar-refractivity contribution is -0.138. The van der Waals surface area contributed by atoms with Gasteiger partial charge in [0.05, 0.1) is 23.3 Å². The standard InChI is InChI=1S/C22H23F3N8/c1-12-3-4-13(9-26-12)29-21-27-10-16(22(23,24)25)20(31-21)15-6-7-17-14(15)5-8-18(30-17)19-11-28-32-33(19)2/h5-6,8,10-13,26H,3-4,7,9H2,1-2H3,(H,27,29,31)/t12-,13-/m1/s1. The summed E-state index contributed by atoms with van der Waals surface area (Å²) < 4.78 is 43.1. The molecule has 4 heterocycles. The van der Waals surface area contributed by atoms with Gasteiger partial charge in [0.1, 0.15) is 11.3 Å². The van der Waals surface area contributed by atoms with Crippen LogP contribution in [0.1, 0.15) is 42.3 Å². The van der Waals surface area contributed by atoms with Crippen molar-refractivity contribution in [3.63, 3.8) is 0 Å². The molecule has 0 saturated carbocycles. The van der Waals surface area contributed by atoms with Gasteiger partial charge in [-0.25, -0.2) is 14.6 Å². The van der Waals surface area contributed by atoms with Crippen LogP contribution < -0.4 is 10.6 Å². The van der Waals surface area contributed by atoms with E-state index in [0.717, 1.165) is 24.7 Å². The van der Waals surface area contributed by atoms with Crippen molar-refractivity contribution in [2.75, 3.05) is 11.9 Å². The summed E-state index contributed by atoms with van der Waals surface area (Å²) in [5.41, 5.74) is 2.14. The molecule has 33 heavy (non-hydrogen) atoms. The van der Waals surface area contributed by atoms with Crippen molar-refractivity contribution in [3.05, 3.63) is 53.1 Å². The molecule has 2 atom stereocenters. The Morgan fingerprint density at radius 1 is 1.15 bits per heavy atom. The van der Waals surface area contributed by atoms with Crippen molar-refractivity contribution in [2.24, 2.45) is 7.05 Å². The zero-order chi connectivity index (χ0) is 23.2. The second-order valence-electron chi connectivity index (χ2n) is 8.44. The lowest BCUT2D eigenvalue weighted by Gasteiger charge is -2.28. The molecule has 1 fully saturated rings. The lowest BCUT2D eigenvalue weighted by Crippen LogP contribution is -2.43. The fraction of sp³-hybridized carbons (Fsp3) is 0.409. The van der Waals surface area contributed by atoms with Crippen LogP contribution in [0.2, 0.25) is 0 Å². The molecule has 0 unspecified atom stereocenters. The van der Waals surface area contributed by atoms with Crippen LogP contribution in [-0.4, -0.2) is 48.6 Å². The first-order valence-electron chi connectivity index (χ1n) is 10.8. The maximum absolute atomic E-state index is 13.8. The van der Waals surface area contributed by atoms with Gasteiger partial charge in [0.2, 0.25) is 5.95 Å². The predicted octanol–water partition coefficient (Wildman–Crippen LogP) is 3.23. The predicted molar refractivity (Wildman–Crippen MR) is 116 cm³/mol. The number of rotatable bonds is 4. The smallest absolute Gasteiger partial charge is 0.350 e. The minimum Gasteiger partial charge on any atom is -0.350 e. The first kappa shape index (κ1) is 21.5. The summed E-state index contributed by atoms with van der Waals surface area (Å²) in [5.74, 6) is 0.194. The van der Waals surface area contributed by atoms with Crippen molar-refractivity contribution in [1.29, 1.82) is 0 Å². The Balaban J connectivity index is 1.49. The van der Waals surface area contributed by atoms with Gasteiger partial charge in [-0.3, -0.25) is 4.98 Å². The van der Waals surface area contributed by atoms with Gasteiger partial charge < -0.3 is 10.6 Å². The number of fused-ring (bicyclic) bond motifs is 1. The van der Waals surface area contributed by atoms with E-state index in [1.807, 2.05) is 0 Å². The Hall–Kier alpha value is -3.34. The van der Waals surface area contributed by atoms with Gasteiger partial charge in [-0.1, -0.05) is 17.4 Å². The van der Waals surface area contributed by atoms with E-state index in [9.17, 15) is 13.2 Å². The van der Waals surface area contributed by atoms with Crippen LogP contribution in [0.5, 0.6) is 0 Å². The van der Waals surface area contributed by atoms with E-state index in [1.165, 1.54) is 0 Å². The van der Waals surface area contributed by atoms with Crippen LogP contribution in [0, 0.1) is 0 Å². The van der Waals surface area contributed by atoms with E-state index in [4.69, 9.17) is 0 Å². The molecule has 0 amide bonds. The number of hydrogen-bond donors (Lipinski definition) is 2. The topological polar surface area (TPSA) is 93.4 Å². The molecule has 3 aromatic rings. The maximum Gasteiger partial charge on any atom is 0.419 e. The van der Waals surface area contributed by atoms with Crippen LogP contribution in [-0.2, 0) is 19.6 Å². The highest BCUT2D eigenvalue weighted by Gasteiger charge is 2.37. The van der Waals surface area contributed by atoms with Gasteiger partial charge >= 0.3 is 6.18 Å². The highest BCUT2D eigenvalue weighted by atomic mass is 19.4. The van der Waals surface area contributed by atoms with Gasteiger partial charge in [0.25, 0.3) is 0 Å². The molecule has 1 aliphatic heterocycles. The number of halogens is 3. The number of allylic oxidation sites excluding steroid dienone is 1. The number of piperidine rings is 1. The number of aromatic nitrogens is 6. The second kappa shape index (κ2) is 8.22. The van der Waals surface area contributed by atoms with E-state index < -0.39 is 11.7 Å². The van der Waals surface area contributed by atoms with E-state index in [0.29, 0.717) is 41.5 Å². The summed E-state index contributed by atoms with van der Waals surface area (Å²) >= 11 is 0. The fourth-order valence-electron chi connectivity index (χ4n) is 4.27. The van der Waals surface area contributed by atoms with Crippen molar-refractivity contribution >= 4 is 11.5 Å². The zero-order valence-corrected chi connectivity index (χ0v) is 18.2. The average molecular weight is 456 g/mol. The summed E-state index contributed by atoms with van der Waals surface area (Å²) in [7, 11) is 1.76. The molecule has 0 bridgehead atoms. The highest BCUT2D eigenvalue weighted by molar-refractivity contribution is 5.84. The van der Waals surface area contributed by atoms with Crippen molar-refractivity contribution in [1.82, 2.24) is 35.3 Å². The summed E-state index contributed by atoms with van der Waals surface area (Å²) in [5, 5.41) is 14.3. The molecule has 0 spiro atoms. The number of nitrogens with one attached hydrogen (secondary N) is 2. The molecular formula is C22H23F3N8. The summed E-state index contributed by atoms with van der Waals surface area (Å²) in [6.07, 6.45) is 1.92. The molecular weight excluding hydrogens is 433 g/mol. The lowest BCUT2D eigenvalue weighted by atomic mass is 10.0. The first-order valence-corrected chi connectivity index (χ1v) is 10.8. The molecule has 1 aliphatic carbocycles. The van der Waals surface area contributed by atoms with Gasteiger partial charge in [-0.05, 0) is 25.8 Å². The Labute approximate surface area is 188 Å². The molecule has 2 aliphatic rings. The van der Waals surface area contributed by atoms with E-state index in [-0.39, 0.29) is 17.7 Å². The Morgan fingerprint density at radius 2 is 2.00 bits per heavy atom. The number of pyridine rings is 1. The molecule has 3 aromatic heterocycles. The number of hydrogen-bond acceptors (Lipinski definition) is 7. The van der Waals surface area contributed by atoms with Crippen LogP contribution in [0.4, 0.5) is 19.1 Å². The summed E-state index contributed by atoms with van der Waals surface area (Å²) in [4.78, 5) is 12.9. The first-order chi connectivity index (χ1) is 15.8. The number of alkyl halides is 3. The Kier molecular flexibility index (Phi) is 5.35. The van der Waals surface area contributed by atoms with Gasteiger partial charge in [0.15, 0.2) is 0 Å². The third-order valence-corrected chi connectivity index (χ3v) is 6.08. The minimum atomic E-state index is -4.58. The Morgan fingerprint density at radius 3 is 2.70 bits per heavy atom. The molecule has 172 valence electrons. The molecule has 11 heteroatoms. The number of aryl methyl sites for hydroxylation is 1. The second-order valence-corrected chi connectivity index (χ2v) is 8.44. The normalized spacial score (nSPS) is 20.5. The summed E-state index contributed by atoms with van der Waals surface area (Å²) in [6, 6.07) is 4.03. The minimum absolute atomic E-state index is 0.0624. The quantitative estimate of drug-likeness (QED) is 0.623. The SMILES string of the molecule is C[C@@H]1CC[C@@H](Nc2ncc(C(F)(F)F)c(C3=CCc4nc(-c5cnnn5C)ccc43)n2)CN1. The van der Waals surface area contributed by atoms with Crippen molar-refractivity contribution < 1.29 is 13.2 Å². The fourth-order valence-corrected chi connectivity index (χ4v) is 4.27.